The van der Waals surface area contributed by atoms with E-state index in [1.54, 1.807) is 36.4 Å². The van der Waals surface area contributed by atoms with Crippen molar-refractivity contribution in [3.05, 3.63) is 69.2 Å². The minimum Gasteiger partial charge on any atom is -0.487 e. The van der Waals surface area contributed by atoms with Gasteiger partial charge in [0.15, 0.2) is 0 Å². The van der Waals surface area contributed by atoms with E-state index in [9.17, 15) is 4.79 Å². The van der Waals surface area contributed by atoms with E-state index in [0.29, 0.717) is 28.0 Å². The van der Waals surface area contributed by atoms with Crippen LogP contribution in [0.2, 0.25) is 10.0 Å². The van der Waals surface area contributed by atoms with E-state index in [1.165, 1.54) is 6.08 Å². The zero-order valence-electron chi connectivity index (χ0n) is 11.9. The lowest BCUT2D eigenvalue weighted by atomic mass is 10.1. The summed E-state index contributed by atoms with van der Waals surface area (Å²) in [5.41, 5.74) is 6.49. The maximum atomic E-state index is 11.0. The number of nitriles is 1. The van der Waals surface area contributed by atoms with E-state index in [-0.39, 0.29) is 5.57 Å². The molecule has 4 nitrogen and oxygen atoms in total. The van der Waals surface area contributed by atoms with Crippen LogP contribution in [0.15, 0.2) is 48.0 Å². The molecular formula is C17H12Cl2N2O2. The highest BCUT2D eigenvalue weighted by molar-refractivity contribution is 6.32. The smallest absolute Gasteiger partial charge is 0.259 e. The van der Waals surface area contributed by atoms with Crippen molar-refractivity contribution in [2.45, 2.75) is 6.61 Å². The third-order valence-electron chi connectivity index (χ3n) is 2.96. The van der Waals surface area contributed by atoms with Crippen LogP contribution in [0, 0.1) is 11.3 Å². The summed E-state index contributed by atoms with van der Waals surface area (Å²) < 4.78 is 5.64. The van der Waals surface area contributed by atoms with Crippen LogP contribution in [0.25, 0.3) is 6.08 Å². The fourth-order valence-electron chi connectivity index (χ4n) is 1.79. The monoisotopic (exact) mass is 346 g/mol. The lowest BCUT2D eigenvalue weighted by Gasteiger charge is -2.09. The molecule has 0 saturated heterocycles. The molecule has 0 heterocycles. The summed E-state index contributed by atoms with van der Waals surface area (Å²) in [7, 11) is 0. The van der Waals surface area contributed by atoms with Gasteiger partial charge in [-0.25, -0.2) is 0 Å². The summed E-state index contributed by atoms with van der Waals surface area (Å²) in [4.78, 5) is 11.0. The molecule has 0 unspecified atom stereocenters. The predicted octanol–water partition coefficient (Wildman–Crippen LogP) is 3.96. The van der Waals surface area contributed by atoms with Gasteiger partial charge in [0.1, 0.15) is 24.0 Å². The Morgan fingerprint density at radius 2 is 1.91 bits per heavy atom. The van der Waals surface area contributed by atoms with E-state index in [1.807, 2.05) is 12.1 Å². The molecule has 6 heteroatoms. The maximum Gasteiger partial charge on any atom is 0.259 e. The number of halogens is 2. The number of carbonyl (C=O) groups is 1. The summed E-state index contributed by atoms with van der Waals surface area (Å²) in [5.74, 6) is -0.289. The number of ether oxygens (including phenoxy) is 1. The lowest BCUT2D eigenvalue weighted by molar-refractivity contribution is -0.114. The first-order valence-electron chi connectivity index (χ1n) is 6.58. The van der Waals surface area contributed by atoms with Gasteiger partial charge in [0.05, 0.1) is 5.02 Å². The van der Waals surface area contributed by atoms with Gasteiger partial charge in [-0.2, -0.15) is 5.26 Å². The fourth-order valence-corrected chi connectivity index (χ4v) is 2.16. The Labute approximate surface area is 143 Å². The first-order chi connectivity index (χ1) is 11.0. The van der Waals surface area contributed by atoms with Gasteiger partial charge in [-0.05, 0) is 41.5 Å². The predicted molar refractivity (Wildman–Crippen MR) is 90.0 cm³/mol. The number of amides is 1. The summed E-state index contributed by atoms with van der Waals surface area (Å²) in [6.45, 7) is 0.344. The van der Waals surface area contributed by atoms with Gasteiger partial charge in [0.25, 0.3) is 5.91 Å². The maximum absolute atomic E-state index is 11.0. The van der Waals surface area contributed by atoms with Gasteiger partial charge >= 0.3 is 0 Å². The Balaban J connectivity index is 2.12. The number of nitrogens with two attached hydrogens (primary N) is 1. The van der Waals surface area contributed by atoms with E-state index < -0.39 is 5.91 Å². The Morgan fingerprint density at radius 1 is 1.22 bits per heavy atom. The fraction of sp³-hybridized carbons (Fsp3) is 0.0588. The van der Waals surface area contributed by atoms with Crippen molar-refractivity contribution < 1.29 is 9.53 Å². The molecule has 116 valence electrons. The van der Waals surface area contributed by atoms with Crippen LogP contribution in [-0.4, -0.2) is 5.91 Å². The van der Waals surface area contributed by atoms with Gasteiger partial charge < -0.3 is 10.5 Å². The lowest BCUT2D eigenvalue weighted by Crippen LogP contribution is -2.12. The van der Waals surface area contributed by atoms with Crippen LogP contribution in [0.5, 0.6) is 5.75 Å². The van der Waals surface area contributed by atoms with Crippen molar-refractivity contribution in [2.24, 2.45) is 5.73 Å². The largest absolute Gasteiger partial charge is 0.487 e. The number of rotatable bonds is 5. The molecule has 0 radical (unpaired) electrons. The molecule has 2 aromatic rings. The Kier molecular flexibility index (Phi) is 5.64. The summed E-state index contributed by atoms with van der Waals surface area (Å²) in [6, 6.07) is 14.0. The highest BCUT2D eigenvalue weighted by atomic mass is 35.5. The number of hydrogen-bond donors (Lipinski definition) is 1. The Morgan fingerprint density at radius 3 is 2.48 bits per heavy atom. The van der Waals surface area contributed by atoms with Crippen molar-refractivity contribution in [1.29, 1.82) is 5.26 Å². The van der Waals surface area contributed by atoms with E-state index in [2.05, 4.69) is 0 Å². The second-order valence-corrected chi connectivity index (χ2v) is 5.48. The van der Waals surface area contributed by atoms with Crippen molar-refractivity contribution in [1.82, 2.24) is 0 Å². The second-order valence-electron chi connectivity index (χ2n) is 4.64. The second kappa shape index (κ2) is 7.68. The third-order valence-corrected chi connectivity index (χ3v) is 3.51. The number of nitrogens with zero attached hydrogens (tertiary/aromatic N) is 1. The van der Waals surface area contributed by atoms with Crippen LogP contribution in [0.1, 0.15) is 11.1 Å². The third kappa shape index (κ3) is 4.75. The molecule has 0 aromatic heterocycles. The van der Waals surface area contributed by atoms with Crippen LogP contribution >= 0.6 is 23.2 Å². The first-order valence-corrected chi connectivity index (χ1v) is 7.33. The minimum absolute atomic E-state index is 0.143. The van der Waals surface area contributed by atoms with Gasteiger partial charge in [0.2, 0.25) is 0 Å². The topological polar surface area (TPSA) is 76.1 Å². The normalized spacial score (nSPS) is 10.9. The molecule has 2 aromatic carbocycles. The Bertz CT molecular complexity index is 793. The van der Waals surface area contributed by atoms with Gasteiger partial charge in [-0.15, -0.1) is 0 Å². The summed E-state index contributed by atoms with van der Waals surface area (Å²) in [5, 5.41) is 9.85. The van der Waals surface area contributed by atoms with E-state index in [0.717, 1.165) is 5.56 Å². The highest BCUT2D eigenvalue weighted by Gasteiger charge is 2.06. The molecule has 0 fully saturated rings. The number of benzene rings is 2. The van der Waals surface area contributed by atoms with Gasteiger partial charge in [-0.3, -0.25) is 4.79 Å². The Hall–Kier alpha value is -2.48. The standard InChI is InChI=1S/C17H12Cl2N2O2/c18-14-4-1-11(2-5-14)10-23-16-6-3-12(8-15(16)19)7-13(9-20)17(21)22/h1-8H,10H2,(H2,21,22)/b13-7+. The molecule has 0 spiro atoms. The van der Waals surface area contributed by atoms with Crippen molar-refractivity contribution in [3.8, 4) is 11.8 Å². The highest BCUT2D eigenvalue weighted by Crippen LogP contribution is 2.27. The molecule has 0 aliphatic carbocycles. The molecule has 0 aliphatic rings. The van der Waals surface area contributed by atoms with Crippen molar-refractivity contribution >= 4 is 35.2 Å². The zero-order valence-corrected chi connectivity index (χ0v) is 13.4. The van der Waals surface area contributed by atoms with Crippen molar-refractivity contribution in [2.75, 3.05) is 0 Å². The van der Waals surface area contributed by atoms with Crippen LogP contribution < -0.4 is 10.5 Å². The molecule has 0 aliphatic heterocycles. The van der Waals surface area contributed by atoms with Crippen molar-refractivity contribution in [3.63, 3.8) is 0 Å². The molecule has 0 saturated carbocycles. The average molecular weight is 347 g/mol. The molecule has 2 N–H and O–H groups in total. The molecule has 1 amide bonds. The van der Waals surface area contributed by atoms with E-state index >= 15 is 0 Å². The van der Waals surface area contributed by atoms with Crippen LogP contribution in [0.4, 0.5) is 0 Å². The summed E-state index contributed by atoms with van der Waals surface area (Å²) in [6.07, 6.45) is 1.37. The molecule has 2 rings (SSSR count). The quantitative estimate of drug-likeness (QED) is 0.657. The van der Waals surface area contributed by atoms with Crippen LogP contribution in [-0.2, 0) is 11.4 Å². The van der Waals surface area contributed by atoms with Crippen LogP contribution in [0.3, 0.4) is 0 Å². The first kappa shape index (κ1) is 16.9. The zero-order chi connectivity index (χ0) is 16.8. The van der Waals surface area contributed by atoms with Gasteiger partial charge in [0, 0.05) is 5.02 Å². The molecule has 0 bridgehead atoms. The SMILES string of the molecule is N#C/C(=C\c1ccc(OCc2ccc(Cl)cc2)c(Cl)c1)C(N)=O. The van der Waals surface area contributed by atoms with E-state index in [4.69, 9.17) is 38.9 Å². The van der Waals surface area contributed by atoms with Gasteiger partial charge in [-0.1, -0.05) is 41.4 Å². The molecule has 23 heavy (non-hydrogen) atoms. The minimum atomic E-state index is -0.785. The summed E-state index contributed by atoms with van der Waals surface area (Å²) >= 11 is 12.0. The number of primary amides is 1. The number of carbonyl (C=O) groups excluding carboxylic acids is 1. The average Bonchev–Trinajstić information content (AvgIpc) is 2.53. The number of hydrogen-bond acceptors (Lipinski definition) is 3. The molecular weight excluding hydrogens is 335 g/mol. The molecule has 0 atom stereocenters.